The van der Waals surface area contributed by atoms with Crippen molar-refractivity contribution in [1.29, 1.82) is 0 Å². The predicted molar refractivity (Wildman–Crippen MR) is 193 cm³/mol. The van der Waals surface area contributed by atoms with Gasteiger partial charge in [-0.05, 0) is 0 Å². The van der Waals surface area contributed by atoms with E-state index in [0.717, 1.165) is 105 Å². The van der Waals surface area contributed by atoms with Crippen molar-refractivity contribution in [2.45, 2.75) is 0 Å². The number of nitrogens with two attached hydrogens (primary N) is 4. The van der Waals surface area contributed by atoms with Gasteiger partial charge in [0.1, 0.15) is 0 Å². The third-order valence-corrected chi connectivity index (χ3v) is 4.21. The fraction of sp³-hybridized carbons (Fsp3) is 1.00. The molecule has 0 rings (SSSR count). The summed E-state index contributed by atoms with van der Waals surface area (Å²) in [6.07, 6.45) is 0.604. The Balaban J connectivity index is -0.0000000796. The Morgan fingerprint density at radius 3 is 0.554 bits per heavy atom. The Labute approximate surface area is 331 Å². The Kier molecular flexibility index (Phi) is 77.3. The van der Waals surface area contributed by atoms with E-state index >= 15 is 0 Å². The molecule has 27 nitrogen and oxygen atoms in total. The SMILES string of the molecule is COCC[NH2+]CCOC.COCC[NH2+]CCOC.COCC[NH2+]CCOC.COCC[NH2+]CCOC.CS(=O)(=O)[O-].O=P(O)(O)O.O=P([O-])(O)O.O=P([O-])([O-])O. The van der Waals surface area contributed by atoms with Gasteiger partial charge in [0.05, 0.1) is 123 Å². The summed E-state index contributed by atoms with van der Waals surface area (Å²) in [5.41, 5.74) is 0. The van der Waals surface area contributed by atoms with Crippen molar-refractivity contribution in [2.24, 2.45) is 0 Å². The zero-order valence-corrected chi connectivity index (χ0v) is 37.5. The van der Waals surface area contributed by atoms with Gasteiger partial charge in [-0.3, -0.25) is 4.57 Å². The summed E-state index contributed by atoms with van der Waals surface area (Å²) in [5.74, 6) is 0. The smallest absolute Gasteiger partial charge is 0.466 e. The van der Waals surface area contributed by atoms with Gasteiger partial charge >= 0.3 is 7.82 Å². The molecule has 31 heteroatoms. The standard InChI is InChI=1S/4C6H15NO2.CH4O3S.3H3O4P/c4*1-8-5-3-7-4-6-9-2;4*1-5(2,3)4/h4*7H,3-6H2,1-2H3;1H3,(H,2,3,4);3*(H3,1,2,3,4). The molecule has 0 saturated heterocycles. The van der Waals surface area contributed by atoms with Crippen LogP contribution in [0.4, 0.5) is 0 Å². The first-order valence-corrected chi connectivity index (χ1v) is 22.5. The molecule has 0 aromatic carbocycles. The molecule has 0 aromatic heterocycles. The highest BCUT2D eigenvalue weighted by atomic mass is 32.2. The van der Waals surface area contributed by atoms with Crippen LogP contribution in [-0.2, 0) is 61.7 Å². The molecule has 14 N–H and O–H groups in total. The summed E-state index contributed by atoms with van der Waals surface area (Å²) in [6.45, 7) is 14.8. The molecule has 0 aliphatic heterocycles. The Bertz CT molecular complexity index is 774. The zero-order valence-electron chi connectivity index (χ0n) is 34.0. The Morgan fingerprint density at radius 2 is 0.500 bits per heavy atom. The average molecular weight is 923 g/mol. The molecule has 0 aromatic rings. The molecule has 0 spiro atoms. The molecule has 352 valence electrons. The van der Waals surface area contributed by atoms with Gasteiger partial charge in [-0.25, -0.2) is 13.0 Å². The van der Waals surface area contributed by atoms with Crippen LogP contribution in [0, 0.1) is 0 Å². The lowest BCUT2D eigenvalue weighted by atomic mass is 10.6. The van der Waals surface area contributed by atoms with E-state index in [2.05, 4.69) is 21.3 Å². The number of methoxy groups -OCH3 is 8. The summed E-state index contributed by atoms with van der Waals surface area (Å²) in [7, 11) is -4.88. The molecule has 0 amide bonds. The van der Waals surface area contributed by atoms with E-state index in [4.69, 9.17) is 109 Å². The van der Waals surface area contributed by atoms with Crippen LogP contribution < -0.4 is 35.9 Å². The molecule has 0 bridgehead atoms. The highest BCUT2D eigenvalue weighted by Gasteiger charge is 2.00. The summed E-state index contributed by atoms with van der Waals surface area (Å²) >= 11 is 0. The molecule has 0 aliphatic carbocycles. The van der Waals surface area contributed by atoms with Crippen LogP contribution in [0.3, 0.4) is 0 Å². The molecular formula is C25H73N4O23P3S. The van der Waals surface area contributed by atoms with Crippen molar-refractivity contribution < 1.29 is 130 Å². The largest absolute Gasteiger partial charge is 0.790 e. The maximum atomic E-state index is 9.08. The van der Waals surface area contributed by atoms with Crippen LogP contribution in [0.15, 0.2) is 0 Å². The van der Waals surface area contributed by atoms with Gasteiger partial charge in [0.2, 0.25) is 0 Å². The average Bonchev–Trinajstić information content (AvgIpc) is 3.03. The normalized spacial score (nSPS) is 10.6. The van der Waals surface area contributed by atoms with Gasteiger partial charge in [0.15, 0.2) is 0 Å². The summed E-state index contributed by atoms with van der Waals surface area (Å²) < 4.78 is 92.3. The van der Waals surface area contributed by atoms with Crippen molar-refractivity contribution >= 4 is 33.6 Å². The van der Waals surface area contributed by atoms with Crippen molar-refractivity contribution in [3.63, 3.8) is 0 Å². The summed E-state index contributed by atoms with van der Waals surface area (Å²) in [6, 6.07) is 0. The number of ether oxygens (including phenoxy) is 8. The molecule has 0 radical (unpaired) electrons. The fourth-order valence-electron chi connectivity index (χ4n) is 2.19. The lowest BCUT2D eigenvalue weighted by Crippen LogP contribution is -2.86. The summed E-state index contributed by atoms with van der Waals surface area (Å²) in [4.78, 5) is 68.8. The van der Waals surface area contributed by atoms with Gasteiger partial charge in [0, 0.05) is 63.1 Å². The van der Waals surface area contributed by atoms with Crippen molar-refractivity contribution in [3.05, 3.63) is 0 Å². The second kappa shape index (κ2) is 59.1. The number of hydrogen-bond donors (Lipinski definition) is 10. The molecule has 0 fully saturated rings. The molecule has 0 atom stereocenters. The van der Waals surface area contributed by atoms with E-state index in [1.807, 2.05) is 0 Å². The van der Waals surface area contributed by atoms with E-state index in [0.29, 0.717) is 6.26 Å². The highest BCUT2D eigenvalue weighted by Crippen LogP contribution is 2.25. The van der Waals surface area contributed by atoms with Crippen molar-refractivity contribution in [3.8, 4) is 0 Å². The molecule has 0 unspecified atom stereocenters. The van der Waals surface area contributed by atoms with Gasteiger partial charge in [-0.2, -0.15) is 0 Å². The third kappa shape index (κ3) is 265. The van der Waals surface area contributed by atoms with Gasteiger partial charge < -0.3 is 112 Å². The lowest BCUT2D eigenvalue weighted by molar-refractivity contribution is -0.657. The van der Waals surface area contributed by atoms with Gasteiger partial charge in [0.25, 0.3) is 7.82 Å². The van der Waals surface area contributed by atoms with Crippen molar-refractivity contribution in [1.82, 2.24) is 0 Å². The first-order valence-electron chi connectivity index (χ1n) is 16.0. The van der Waals surface area contributed by atoms with Crippen LogP contribution >= 0.6 is 23.5 Å². The fourth-order valence-corrected chi connectivity index (χ4v) is 2.19. The summed E-state index contributed by atoms with van der Waals surface area (Å²) in [5, 5.41) is 8.69. The first-order chi connectivity index (χ1) is 25.7. The number of quaternary nitrogens is 4. The van der Waals surface area contributed by atoms with E-state index < -0.39 is 33.6 Å². The van der Waals surface area contributed by atoms with E-state index in [9.17, 15) is 0 Å². The van der Waals surface area contributed by atoms with Crippen LogP contribution in [0.25, 0.3) is 0 Å². The highest BCUT2D eigenvalue weighted by molar-refractivity contribution is 7.84. The number of hydrogen-bond acceptors (Lipinski definition) is 17. The van der Waals surface area contributed by atoms with Crippen LogP contribution in [0.2, 0.25) is 0 Å². The quantitative estimate of drug-likeness (QED) is 0.0244. The predicted octanol–water partition coefficient (Wildman–Crippen LogP) is -10.2. The van der Waals surface area contributed by atoms with E-state index in [-0.39, 0.29) is 0 Å². The van der Waals surface area contributed by atoms with Crippen LogP contribution in [0.5, 0.6) is 0 Å². The number of rotatable bonds is 24. The van der Waals surface area contributed by atoms with Crippen molar-refractivity contribution in [2.75, 3.05) is 168 Å². The van der Waals surface area contributed by atoms with E-state index in [1.165, 1.54) is 0 Å². The second-order valence-electron chi connectivity index (χ2n) is 9.58. The minimum absolute atomic E-state index is 0.604. The third-order valence-electron chi connectivity index (χ3n) is 4.21. The van der Waals surface area contributed by atoms with Gasteiger partial charge in [-0.15, -0.1) is 0 Å². The monoisotopic (exact) mass is 922 g/mol. The lowest BCUT2D eigenvalue weighted by Gasteiger charge is -2.19. The van der Waals surface area contributed by atoms with Crippen LogP contribution in [0.1, 0.15) is 0 Å². The first kappa shape index (κ1) is 73.3. The van der Waals surface area contributed by atoms with Gasteiger partial charge in [-0.1, -0.05) is 0 Å². The Hall–Kier alpha value is -0.240. The molecular weight excluding hydrogens is 849 g/mol. The van der Waals surface area contributed by atoms with Crippen LogP contribution in [-0.4, -0.2) is 211 Å². The minimum atomic E-state index is -5.14. The second-order valence-corrected chi connectivity index (χ2v) is 13.9. The minimum Gasteiger partial charge on any atom is -0.790 e. The maximum absolute atomic E-state index is 9.08. The molecule has 56 heavy (non-hydrogen) atoms. The number of phosphoric acid groups is 3. The van der Waals surface area contributed by atoms with E-state index in [1.54, 1.807) is 56.9 Å². The Morgan fingerprint density at radius 1 is 0.429 bits per heavy atom. The maximum Gasteiger partial charge on any atom is 0.466 e. The molecule has 0 heterocycles. The topological polar surface area (TPSA) is 439 Å². The molecule has 0 saturated carbocycles. The molecule has 0 aliphatic rings. The zero-order chi connectivity index (χ0) is 45.8.